The maximum absolute atomic E-state index is 12.3. The molecule has 23 heavy (non-hydrogen) atoms. The first kappa shape index (κ1) is 17.3. The summed E-state index contributed by atoms with van der Waals surface area (Å²) in [6, 6.07) is 8.08. The van der Waals surface area contributed by atoms with Crippen molar-refractivity contribution in [3.63, 3.8) is 0 Å². The molecule has 1 unspecified atom stereocenters. The number of carbonyl (C=O) groups excluding carboxylic acids is 2. The van der Waals surface area contributed by atoms with E-state index in [9.17, 15) is 9.59 Å². The molecule has 1 aromatic rings. The van der Waals surface area contributed by atoms with Crippen LogP contribution in [0.15, 0.2) is 24.3 Å². The van der Waals surface area contributed by atoms with Gasteiger partial charge in [0.2, 0.25) is 11.8 Å². The molecule has 0 aliphatic carbocycles. The predicted octanol–water partition coefficient (Wildman–Crippen LogP) is 1.95. The minimum atomic E-state index is -0.290. The van der Waals surface area contributed by atoms with Crippen LogP contribution in [0.2, 0.25) is 0 Å². The van der Waals surface area contributed by atoms with Crippen LogP contribution in [-0.2, 0) is 9.59 Å². The number of benzene rings is 1. The molecule has 5 nitrogen and oxygen atoms in total. The first-order chi connectivity index (χ1) is 11.0. The molecule has 1 heterocycles. The van der Waals surface area contributed by atoms with Crippen LogP contribution in [0.5, 0.6) is 0 Å². The van der Waals surface area contributed by atoms with Gasteiger partial charge in [0.25, 0.3) is 0 Å². The summed E-state index contributed by atoms with van der Waals surface area (Å²) in [5, 5.41) is 2.98. The fourth-order valence-electron chi connectivity index (χ4n) is 3.14. The van der Waals surface area contributed by atoms with Gasteiger partial charge in [-0.05, 0) is 44.4 Å². The van der Waals surface area contributed by atoms with Crippen LogP contribution in [0, 0.1) is 6.92 Å². The molecule has 0 aromatic heterocycles. The molecule has 1 aromatic carbocycles. The van der Waals surface area contributed by atoms with E-state index in [1.807, 2.05) is 0 Å². The number of rotatable bonds is 6. The van der Waals surface area contributed by atoms with E-state index in [1.165, 1.54) is 18.2 Å². The van der Waals surface area contributed by atoms with Gasteiger partial charge in [-0.25, -0.2) is 0 Å². The SMILES string of the molecule is CCN(CCNC(=O)C1CCCN1C(C)=O)c1cccc(C)c1. The number of anilines is 1. The van der Waals surface area contributed by atoms with Crippen LogP contribution < -0.4 is 10.2 Å². The van der Waals surface area contributed by atoms with Crippen LogP contribution in [0.1, 0.15) is 32.3 Å². The normalized spacial score (nSPS) is 17.2. The van der Waals surface area contributed by atoms with Gasteiger partial charge in [0.15, 0.2) is 0 Å². The van der Waals surface area contributed by atoms with Crippen molar-refractivity contribution in [1.29, 1.82) is 0 Å². The highest BCUT2D eigenvalue weighted by molar-refractivity contribution is 5.87. The summed E-state index contributed by atoms with van der Waals surface area (Å²) in [4.78, 5) is 27.8. The Kier molecular flexibility index (Phi) is 6.02. The van der Waals surface area contributed by atoms with Crippen LogP contribution in [0.25, 0.3) is 0 Å². The zero-order valence-corrected chi connectivity index (χ0v) is 14.3. The van der Waals surface area contributed by atoms with E-state index < -0.39 is 0 Å². The largest absolute Gasteiger partial charge is 0.370 e. The summed E-state index contributed by atoms with van der Waals surface area (Å²) >= 11 is 0. The van der Waals surface area contributed by atoms with Crippen molar-refractivity contribution in [1.82, 2.24) is 10.2 Å². The first-order valence-electron chi connectivity index (χ1n) is 8.39. The second-order valence-corrected chi connectivity index (χ2v) is 6.08. The highest BCUT2D eigenvalue weighted by Crippen LogP contribution is 2.17. The predicted molar refractivity (Wildman–Crippen MR) is 92.5 cm³/mol. The standard InChI is InChI=1S/C18H27N3O2/c1-4-20(16-8-5-7-14(2)13-16)12-10-19-18(23)17-9-6-11-21(17)15(3)22/h5,7-8,13,17H,4,6,9-12H2,1-3H3,(H,19,23). The zero-order chi connectivity index (χ0) is 16.8. The number of nitrogens with one attached hydrogen (secondary N) is 1. The van der Waals surface area contributed by atoms with Crippen molar-refractivity contribution in [2.24, 2.45) is 0 Å². The summed E-state index contributed by atoms with van der Waals surface area (Å²) in [7, 11) is 0. The Bertz CT molecular complexity index is 559. The fourth-order valence-corrected chi connectivity index (χ4v) is 3.14. The third-order valence-electron chi connectivity index (χ3n) is 4.39. The highest BCUT2D eigenvalue weighted by atomic mass is 16.2. The minimum absolute atomic E-state index is 0.0161. The molecular formula is C18H27N3O2. The third kappa shape index (κ3) is 4.47. The number of hydrogen-bond donors (Lipinski definition) is 1. The van der Waals surface area contributed by atoms with E-state index in [0.29, 0.717) is 13.1 Å². The van der Waals surface area contributed by atoms with E-state index in [-0.39, 0.29) is 17.9 Å². The van der Waals surface area contributed by atoms with Gasteiger partial charge in [-0.3, -0.25) is 9.59 Å². The molecule has 0 radical (unpaired) electrons. The van der Waals surface area contributed by atoms with Crippen molar-refractivity contribution < 1.29 is 9.59 Å². The van der Waals surface area contributed by atoms with Gasteiger partial charge < -0.3 is 15.1 Å². The summed E-state index contributed by atoms with van der Waals surface area (Å²) < 4.78 is 0. The Morgan fingerprint density at radius 3 is 2.83 bits per heavy atom. The number of likely N-dealkylation sites (N-methyl/N-ethyl adjacent to an activating group) is 1. The lowest BCUT2D eigenvalue weighted by Gasteiger charge is -2.25. The van der Waals surface area contributed by atoms with Gasteiger partial charge >= 0.3 is 0 Å². The molecule has 0 bridgehead atoms. The van der Waals surface area contributed by atoms with Gasteiger partial charge in [-0.2, -0.15) is 0 Å². The maximum Gasteiger partial charge on any atom is 0.242 e. The Morgan fingerprint density at radius 2 is 2.17 bits per heavy atom. The second-order valence-electron chi connectivity index (χ2n) is 6.08. The number of nitrogens with zero attached hydrogens (tertiary/aromatic N) is 2. The van der Waals surface area contributed by atoms with Gasteiger partial charge in [-0.1, -0.05) is 12.1 Å². The summed E-state index contributed by atoms with van der Waals surface area (Å²) in [5.41, 5.74) is 2.40. The average molecular weight is 317 g/mol. The fraction of sp³-hybridized carbons (Fsp3) is 0.556. The van der Waals surface area contributed by atoms with Crippen molar-refractivity contribution in [3.8, 4) is 0 Å². The number of hydrogen-bond acceptors (Lipinski definition) is 3. The van der Waals surface area contributed by atoms with E-state index >= 15 is 0 Å². The smallest absolute Gasteiger partial charge is 0.242 e. The number of amides is 2. The van der Waals surface area contributed by atoms with Crippen molar-refractivity contribution >= 4 is 17.5 Å². The molecule has 1 aliphatic heterocycles. The van der Waals surface area contributed by atoms with Crippen molar-refractivity contribution in [3.05, 3.63) is 29.8 Å². The topological polar surface area (TPSA) is 52.7 Å². The lowest BCUT2D eigenvalue weighted by molar-refractivity contribution is -0.136. The first-order valence-corrected chi connectivity index (χ1v) is 8.39. The van der Waals surface area contributed by atoms with Crippen LogP contribution in [0.3, 0.4) is 0 Å². The van der Waals surface area contributed by atoms with Crippen molar-refractivity contribution in [2.75, 3.05) is 31.1 Å². The second kappa shape index (κ2) is 7.99. The van der Waals surface area contributed by atoms with Gasteiger partial charge in [0.05, 0.1) is 0 Å². The molecule has 1 N–H and O–H groups in total. The molecule has 0 spiro atoms. The monoisotopic (exact) mass is 317 g/mol. The molecule has 5 heteroatoms. The van der Waals surface area contributed by atoms with Gasteiger partial charge in [0.1, 0.15) is 6.04 Å². The molecule has 1 fully saturated rings. The minimum Gasteiger partial charge on any atom is -0.370 e. The molecule has 0 saturated carbocycles. The van der Waals surface area contributed by atoms with Crippen LogP contribution in [-0.4, -0.2) is 48.9 Å². The quantitative estimate of drug-likeness (QED) is 0.872. The molecule has 1 atom stereocenters. The molecule has 1 saturated heterocycles. The number of aryl methyl sites for hydroxylation is 1. The molecule has 2 rings (SSSR count). The van der Waals surface area contributed by atoms with Gasteiger partial charge in [-0.15, -0.1) is 0 Å². The van der Waals surface area contributed by atoms with E-state index in [1.54, 1.807) is 4.90 Å². The summed E-state index contributed by atoms with van der Waals surface area (Å²) in [6.45, 7) is 8.65. The lowest BCUT2D eigenvalue weighted by Crippen LogP contribution is -2.46. The number of likely N-dealkylation sites (tertiary alicyclic amines) is 1. The van der Waals surface area contributed by atoms with E-state index in [2.05, 4.69) is 48.3 Å². The summed E-state index contributed by atoms with van der Waals surface area (Å²) in [6.07, 6.45) is 1.67. The van der Waals surface area contributed by atoms with E-state index in [4.69, 9.17) is 0 Å². The van der Waals surface area contributed by atoms with Gasteiger partial charge in [0, 0.05) is 38.8 Å². The molecular weight excluding hydrogens is 290 g/mol. The van der Waals surface area contributed by atoms with Crippen LogP contribution >= 0.6 is 0 Å². The Morgan fingerprint density at radius 1 is 1.39 bits per heavy atom. The number of carbonyl (C=O) groups is 2. The molecule has 126 valence electrons. The molecule has 2 amide bonds. The Labute approximate surface area is 138 Å². The van der Waals surface area contributed by atoms with E-state index in [0.717, 1.165) is 25.9 Å². The summed E-state index contributed by atoms with van der Waals surface area (Å²) in [5.74, 6) is -0.0457. The van der Waals surface area contributed by atoms with Crippen molar-refractivity contribution in [2.45, 2.75) is 39.7 Å². The average Bonchev–Trinajstić information content (AvgIpc) is 3.01. The Balaban J connectivity index is 1.85. The van der Waals surface area contributed by atoms with Crippen LogP contribution in [0.4, 0.5) is 5.69 Å². The lowest BCUT2D eigenvalue weighted by atomic mass is 10.2. The molecule has 1 aliphatic rings. The highest BCUT2D eigenvalue weighted by Gasteiger charge is 2.31. The maximum atomic E-state index is 12.3. The zero-order valence-electron chi connectivity index (χ0n) is 14.3. The third-order valence-corrected chi connectivity index (χ3v) is 4.39. The Hall–Kier alpha value is -2.04.